The predicted octanol–water partition coefficient (Wildman–Crippen LogP) is 5.06. The van der Waals surface area contributed by atoms with Gasteiger partial charge in [-0.2, -0.15) is 0 Å². The first-order valence-electron chi connectivity index (χ1n) is 11.8. The number of hydrogen-bond donors (Lipinski definition) is 1. The summed E-state index contributed by atoms with van der Waals surface area (Å²) < 4.78 is 11.6. The topological polar surface area (TPSA) is 50.8 Å². The van der Waals surface area contributed by atoms with Crippen molar-refractivity contribution in [2.75, 3.05) is 25.1 Å². The summed E-state index contributed by atoms with van der Waals surface area (Å²) in [6.45, 7) is 4.22. The standard InChI is InChI=1S/C28H30N2O3/c31-28(29-26-9-3-4-10-27(26)33-20-25-8-5-17-32-25)23-13-11-21(12-14-23)18-30-16-15-22-6-1-2-7-24(22)19-30/h1-4,6-7,9-14,25H,5,8,15-20H2,(H,29,31). The number of anilines is 1. The molecule has 0 aromatic heterocycles. The Kier molecular flexibility index (Phi) is 6.70. The summed E-state index contributed by atoms with van der Waals surface area (Å²) in [5.74, 6) is 0.532. The number of fused-ring (bicyclic) bond motifs is 1. The quantitative estimate of drug-likeness (QED) is 0.556. The van der Waals surface area contributed by atoms with Crippen molar-refractivity contribution in [3.8, 4) is 5.75 Å². The lowest BCUT2D eigenvalue weighted by molar-refractivity contribution is 0.0682. The SMILES string of the molecule is O=C(Nc1ccccc1OCC1CCCO1)c1ccc(CN2CCc3ccccc3C2)cc1. The molecule has 3 aromatic carbocycles. The van der Waals surface area contributed by atoms with Crippen LogP contribution >= 0.6 is 0 Å². The molecule has 1 unspecified atom stereocenters. The fourth-order valence-electron chi connectivity index (χ4n) is 4.56. The van der Waals surface area contributed by atoms with E-state index < -0.39 is 0 Å². The largest absolute Gasteiger partial charge is 0.489 e. The van der Waals surface area contributed by atoms with E-state index in [-0.39, 0.29) is 12.0 Å². The molecule has 2 aliphatic rings. The van der Waals surface area contributed by atoms with Gasteiger partial charge < -0.3 is 14.8 Å². The molecule has 170 valence electrons. The van der Waals surface area contributed by atoms with Crippen LogP contribution < -0.4 is 10.1 Å². The Balaban J connectivity index is 1.18. The Morgan fingerprint density at radius 1 is 1.00 bits per heavy atom. The molecule has 0 spiro atoms. The van der Waals surface area contributed by atoms with Crippen molar-refractivity contribution >= 4 is 11.6 Å². The first kappa shape index (κ1) is 21.7. The Labute approximate surface area is 195 Å². The van der Waals surface area contributed by atoms with Gasteiger partial charge in [-0.05, 0) is 60.2 Å². The second-order valence-electron chi connectivity index (χ2n) is 8.82. The summed E-state index contributed by atoms with van der Waals surface area (Å²) in [5, 5.41) is 3.00. The van der Waals surface area contributed by atoms with Gasteiger partial charge in [0.1, 0.15) is 12.4 Å². The van der Waals surface area contributed by atoms with E-state index in [1.54, 1.807) is 0 Å². The van der Waals surface area contributed by atoms with Crippen molar-refractivity contribution in [2.45, 2.75) is 38.5 Å². The Hall–Kier alpha value is -3.15. The normalized spacial score (nSPS) is 18.0. The lowest BCUT2D eigenvalue weighted by Crippen LogP contribution is -2.29. The molecule has 0 radical (unpaired) electrons. The number of ether oxygens (including phenoxy) is 2. The first-order chi connectivity index (χ1) is 16.2. The third-order valence-electron chi connectivity index (χ3n) is 6.42. The lowest BCUT2D eigenvalue weighted by Gasteiger charge is -2.28. The number of carbonyl (C=O) groups is 1. The Bertz CT molecular complexity index is 1090. The van der Waals surface area contributed by atoms with Crippen LogP contribution in [0.2, 0.25) is 0 Å². The van der Waals surface area contributed by atoms with Crippen LogP contribution in [0.4, 0.5) is 5.69 Å². The van der Waals surface area contributed by atoms with Crippen LogP contribution in [-0.4, -0.2) is 36.7 Å². The molecule has 1 amide bonds. The summed E-state index contributed by atoms with van der Waals surface area (Å²) in [6, 6.07) is 24.1. The molecule has 33 heavy (non-hydrogen) atoms. The van der Waals surface area contributed by atoms with Gasteiger partial charge in [0.2, 0.25) is 0 Å². The van der Waals surface area contributed by atoms with Gasteiger partial charge in [-0.25, -0.2) is 0 Å². The van der Waals surface area contributed by atoms with Crippen molar-refractivity contribution in [2.24, 2.45) is 0 Å². The molecule has 5 rings (SSSR count). The maximum atomic E-state index is 12.9. The highest BCUT2D eigenvalue weighted by Crippen LogP contribution is 2.26. The molecule has 1 fully saturated rings. The lowest BCUT2D eigenvalue weighted by atomic mass is 9.99. The summed E-state index contributed by atoms with van der Waals surface area (Å²) >= 11 is 0. The number of hydrogen-bond acceptors (Lipinski definition) is 4. The molecule has 2 aliphatic heterocycles. The summed E-state index contributed by atoms with van der Waals surface area (Å²) in [5.41, 5.74) is 5.40. The third kappa shape index (κ3) is 5.44. The van der Waals surface area contributed by atoms with E-state index in [1.807, 2.05) is 36.4 Å². The average Bonchev–Trinajstić information content (AvgIpc) is 3.38. The molecule has 1 N–H and O–H groups in total. The minimum atomic E-state index is -0.137. The fourth-order valence-corrected chi connectivity index (χ4v) is 4.56. The highest BCUT2D eigenvalue weighted by atomic mass is 16.5. The molecule has 1 saturated heterocycles. The number of rotatable bonds is 7. The Morgan fingerprint density at radius 2 is 1.79 bits per heavy atom. The molecule has 1 atom stereocenters. The number of benzene rings is 3. The zero-order valence-electron chi connectivity index (χ0n) is 18.8. The second kappa shape index (κ2) is 10.2. The summed E-state index contributed by atoms with van der Waals surface area (Å²) in [7, 11) is 0. The molecule has 0 aliphatic carbocycles. The number of nitrogens with one attached hydrogen (secondary N) is 1. The van der Waals surface area contributed by atoms with Crippen LogP contribution in [0.3, 0.4) is 0 Å². The zero-order valence-corrected chi connectivity index (χ0v) is 18.8. The summed E-state index contributed by atoms with van der Waals surface area (Å²) in [4.78, 5) is 15.3. The van der Waals surface area contributed by atoms with E-state index in [1.165, 1.54) is 16.7 Å². The monoisotopic (exact) mass is 442 g/mol. The first-order valence-corrected chi connectivity index (χ1v) is 11.8. The molecular formula is C28H30N2O3. The van der Waals surface area contributed by atoms with E-state index in [0.29, 0.717) is 23.6 Å². The van der Waals surface area contributed by atoms with Crippen LogP contribution in [0.15, 0.2) is 72.8 Å². The van der Waals surface area contributed by atoms with Gasteiger partial charge in [0.05, 0.1) is 11.8 Å². The number of nitrogens with zero attached hydrogens (tertiary/aromatic N) is 1. The van der Waals surface area contributed by atoms with E-state index in [2.05, 4.69) is 46.6 Å². The molecule has 5 nitrogen and oxygen atoms in total. The van der Waals surface area contributed by atoms with Crippen LogP contribution in [0.5, 0.6) is 5.75 Å². The van der Waals surface area contributed by atoms with Crippen LogP contribution in [0, 0.1) is 0 Å². The van der Waals surface area contributed by atoms with Gasteiger partial charge in [-0.1, -0.05) is 48.5 Å². The van der Waals surface area contributed by atoms with E-state index >= 15 is 0 Å². The molecular weight excluding hydrogens is 412 g/mol. The molecule has 0 bridgehead atoms. The van der Waals surface area contributed by atoms with Gasteiger partial charge >= 0.3 is 0 Å². The zero-order chi connectivity index (χ0) is 22.5. The number of para-hydroxylation sites is 2. The molecule has 5 heteroatoms. The summed E-state index contributed by atoms with van der Waals surface area (Å²) in [6.07, 6.45) is 3.32. The number of carbonyl (C=O) groups excluding carboxylic acids is 1. The van der Waals surface area contributed by atoms with Crippen molar-refractivity contribution < 1.29 is 14.3 Å². The van der Waals surface area contributed by atoms with Crippen LogP contribution in [-0.2, 0) is 24.2 Å². The van der Waals surface area contributed by atoms with Crippen LogP contribution in [0.1, 0.15) is 39.9 Å². The molecule has 3 aromatic rings. The van der Waals surface area contributed by atoms with Gasteiger partial charge in [0.15, 0.2) is 0 Å². The molecule has 2 heterocycles. The van der Waals surface area contributed by atoms with Gasteiger partial charge in [0, 0.05) is 31.8 Å². The van der Waals surface area contributed by atoms with Crippen molar-refractivity contribution in [3.05, 3.63) is 95.1 Å². The van der Waals surface area contributed by atoms with E-state index in [9.17, 15) is 4.79 Å². The highest BCUT2D eigenvalue weighted by molar-refractivity contribution is 6.05. The minimum Gasteiger partial charge on any atom is -0.489 e. The van der Waals surface area contributed by atoms with Crippen molar-refractivity contribution in [3.63, 3.8) is 0 Å². The average molecular weight is 443 g/mol. The van der Waals surface area contributed by atoms with E-state index in [4.69, 9.17) is 9.47 Å². The molecule has 0 saturated carbocycles. The van der Waals surface area contributed by atoms with Gasteiger partial charge in [-0.3, -0.25) is 9.69 Å². The maximum absolute atomic E-state index is 12.9. The van der Waals surface area contributed by atoms with Gasteiger partial charge in [-0.15, -0.1) is 0 Å². The maximum Gasteiger partial charge on any atom is 0.255 e. The van der Waals surface area contributed by atoms with Gasteiger partial charge in [0.25, 0.3) is 5.91 Å². The third-order valence-corrected chi connectivity index (χ3v) is 6.42. The van der Waals surface area contributed by atoms with Crippen LogP contribution in [0.25, 0.3) is 0 Å². The Morgan fingerprint density at radius 3 is 2.61 bits per heavy atom. The predicted molar refractivity (Wildman–Crippen MR) is 130 cm³/mol. The smallest absolute Gasteiger partial charge is 0.255 e. The number of amides is 1. The van der Waals surface area contributed by atoms with Crippen molar-refractivity contribution in [1.82, 2.24) is 4.90 Å². The second-order valence-corrected chi connectivity index (χ2v) is 8.82. The van der Waals surface area contributed by atoms with Crippen molar-refractivity contribution in [1.29, 1.82) is 0 Å². The van der Waals surface area contributed by atoms with E-state index in [0.717, 1.165) is 45.5 Å². The fraction of sp³-hybridized carbons (Fsp3) is 0.321. The highest BCUT2D eigenvalue weighted by Gasteiger charge is 2.18. The minimum absolute atomic E-state index is 0.134.